The Bertz CT molecular complexity index is 214. The van der Waals surface area contributed by atoms with Crippen LogP contribution in [0, 0.1) is 11.8 Å². The van der Waals surface area contributed by atoms with Crippen molar-refractivity contribution in [1.82, 2.24) is 9.80 Å². The van der Waals surface area contributed by atoms with E-state index in [1.54, 1.807) is 0 Å². The van der Waals surface area contributed by atoms with Crippen LogP contribution in [-0.2, 0) is 0 Å². The Morgan fingerprint density at radius 1 is 1.07 bits per heavy atom. The molecule has 3 heterocycles. The van der Waals surface area contributed by atoms with E-state index in [0.29, 0.717) is 0 Å². The standard InChI is InChI=1S/C12H22N2/c1-13-7-10-6-11(9-13)12-4-2-3-5-14(12)8-10/h10-12H,2-9H2,1H3/t10?,11-,12-/m0/s1. The van der Waals surface area contributed by atoms with Gasteiger partial charge in [0, 0.05) is 25.7 Å². The summed E-state index contributed by atoms with van der Waals surface area (Å²) in [4.78, 5) is 5.36. The van der Waals surface area contributed by atoms with Gasteiger partial charge in [0.1, 0.15) is 0 Å². The fourth-order valence-corrected chi connectivity index (χ4v) is 4.01. The van der Waals surface area contributed by atoms with Crippen molar-refractivity contribution in [3.63, 3.8) is 0 Å². The Morgan fingerprint density at radius 3 is 2.93 bits per heavy atom. The Morgan fingerprint density at radius 2 is 2.00 bits per heavy atom. The highest BCUT2D eigenvalue weighted by molar-refractivity contribution is 4.94. The smallest absolute Gasteiger partial charge is 0.0136 e. The fraction of sp³-hybridized carbons (Fsp3) is 1.00. The third-order valence-electron chi connectivity index (χ3n) is 4.45. The highest BCUT2D eigenvalue weighted by Crippen LogP contribution is 2.36. The van der Waals surface area contributed by atoms with Crippen LogP contribution in [0.3, 0.4) is 0 Å². The first-order valence-electron chi connectivity index (χ1n) is 6.25. The first-order valence-corrected chi connectivity index (χ1v) is 6.25. The van der Waals surface area contributed by atoms with Gasteiger partial charge in [-0.2, -0.15) is 0 Å². The molecule has 0 aliphatic carbocycles. The molecular formula is C12H22N2. The minimum absolute atomic E-state index is 0.947. The Labute approximate surface area is 87.3 Å². The molecule has 3 fully saturated rings. The summed E-state index contributed by atoms with van der Waals surface area (Å²) in [6.07, 6.45) is 5.93. The van der Waals surface area contributed by atoms with E-state index in [4.69, 9.17) is 0 Å². The molecule has 2 heteroatoms. The van der Waals surface area contributed by atoms with E-state index in [2.05, 4.69) is 16.8 Å². The van der Waals surface area contributed by atoms with Crippen molar-refractivity contribution in [2.24, 2.45) is 11.8 Å². The predicted molar refractivity (Wildman–Crippen MR) is 58.3 cm³/mol. The maximum atomic E-state index is 2.80. The summed E-state index contributed by atoms with van der Waals surface area (Å²) < 4.78 is 0. The highest BCUT2D eigenvalue weighted by atomic mass is 15.2. The first kappa shape index (κ1) is 9.17. The number of rotatable bonds is 0. The molecule has 2 nitrogen and oxygen atoms in total. The van der Waals surface area contributed by atoms with Gasteiger partial charge in [0.05, 0.1) is 0 Å². The first-order chi connectivity index (χ1) is 6.83. The summed E-state index contributed by atoms with van der Waals surface area (Å²) in [5.74, 6) is 1.97. The number of piperidine rings is 3. The zero-order valence-electron chi connectivity index (χ0n) is 9.28. The number of likely N-dealkylation sites (tertiary alicyclic amines) is 1. The molecule has 0 saturated carbocycles. The van der Waals surface area contributed by atoms with Gasteiger partial charge < -0.3 is 4.90 Å². The lowest BCUT2D eigenvalue weighted by atomic mass is 9.76. The van der Waals surface area contributed by atoms with Crippen LogP contribution < -0.4 is 0 Å². The van der Waals surface area contributed by atoms with Crippen molar-refractivity contribution in [3.05, 3.63) is 0 Å². The van der Waals surface area contributed by atoms with E-state index in [0.717, 1.165) is 17.9 Å². The number of nitrogens with zero attached hydrogens (tertiary/aromatic N) is 2. The Kier molecular flexibility index (Phi) is 2.29. The Hall–Kier alpha value is -0.0800. The quantitative estimate of drug-likeness (QED) is 0.575. The van der Waals surface area contributed by atoms with Gasteiger partial charge in [-0.1, -0.05) is 6.42 Å². The summed E-state index contributed by atoms with van der Waals surface area (Å²) in [5, 5.41) is 0. The largest absolute Gasteiger partial charge is 0.306 e. The molecule has 0 amide bonds. The molecule has 0 aromatic carbocycles. The lowest BCUT2D eigenvalue weighted by molar-refractivity contribution is -0.0231. The van der Waals surface area contributed by atoms with Crippen molar-refractivity contribution < 1.29 is 0 Å². The van der Waals surface area contributed by atoms with Crippen molar-refractivity contribution in [2.45, 2.75) is 31.7 Å². The second kappa shape index (κ2) is 3.49. The average Bonchev–Trinajstić information content (AvgIpc) is 2.17. The highest BCUT2D eigenvalue weighted by Gasteiger charge is 2.40. The summed E-state index contributed by atoms with van der Waals surface area (Å²) in [6, 6.07) is 0.947. The fourth-order valence-electron chi connectivity index (χ4n) is 4.01. The minimum Gasteiger partial charge on any atom is -0.306 e. The van der Waals surface area contributed by atoms with Crippen LogP contribution >= 0.6 is 0 Å². The van der Waals surface area contributed by atoms with Crippen LogP contribution in [0.4, 0.5) is 0 Å². The van der Waals surface area contributed by atoms with Crippen molar-refractivity contribution in [1.29, 1.82) is 0 Å². The molecule has 0 radical (unpaired) electrons. The lowest BCUT2D eigenvalue weighted by Gasteiger charge is -2.52. The van der Waals surface area contributed by atoms with Crippen LogP contribution in [0.1, 0.15) is 25.7 Å². The topological polar surface area (TPSA) is 6.48 Å². The molecule has 3 aliphatic rings. The van der Waals surface area contributed by atoms with Gasteiger partial charge in [-0.15, -0.1) is 0 Å². The number of hydrogen-bond acceptors (Lipinski definition) is 2. The van der Waals surface area contributed by atoms with Crippen LogP contribution in [0.25, 0.3) is 0 Å². The van der Waals surface area contributed by atoms with Gasteiger partial charge >= 0.3 is 0 Å². The monoisotopic (exact) mass is 194 g/mol. The van der Waals surface area contributed by atoms with Crippen LogP contribution in [0.2, 0.25) is 0 Å². The van der Waals surface area contributed by atoms with Crippen molar-refractivity contribution >= 4 is 0 Å². The molecular weight excluding hydrogens is 172 g/mol. The third-order valence-corrected chi connectivity index (χ3v) is 4.45. The van der Waals surface area contributed by atoms with Gasteiger partial charge in [-0.05, 0) is 44.7 Å². The SMILES string of the molecule is CN1CC2C[C@@H](C1)[C@@H]1CCCCN1C2. The van der Waals surface area contributed by atoms with Crippen LogP contribution in [-0.4, -0.2) is 49.1 Å². The molecule has 3 rings (SSSR count). The average molecular weight is 194 g/mol. The summed E-state index contributed by atoms with van der Waals surface area (Å²) >= 11 is 0. The van der Waals surface area contributed by atoms with Crippen LogP contribution in [0.15, 0.2) is 0 Å². The van der Waals surface area contributed by atoms with E-state index < -0.39 is 0 Å². The van der Waals surface area contributed by atoms with E-state index in [1.165, 1.54) is 51.9 Å². The van der Waals surface area contributed by atoms with Crippen LogP contribution in [0.5, 0.6) is 0 Å². The maximum absolute atomic E-state index is 2.80. The second-order valence-electron chi connectivity index (χ2n) is 5.64. The third kappa shape index (κ3) is 1.49. The molecule has 0 aromatic heterocycles. The van der Waals surface area contributed by atoms with Gasteiger partial charge in [-0.3, -0.25) is 4.90 Å². The molecule has 3 aliphatic heterocycles. The molecule has 1 unspecified atom stereocenters. The van der Waals surface area contributed by atoms with Crippen molar-refractivity contribution in [2.75, 3.05) is 33.2 Å². The predicted octanol–water partition coefficient (Wildman–Crippen LogP) is 1.42. The molecule has 3 atom stereocenters. The minimum atomic E-state index is 0.947. The number of hydrogen-bond donors (Lipinski definition) is 0. The van der Waals surface area contributed by atoms with E-state index >= 15 is 0 Å². The van der Waals surface area contributed by atoms with Gasteiger partial charge in [0.2, 0.25) is 0 Å². The zero-order chi connectivity index (χ0) is 9.54. The van der Waals surface area contributed by atoms with Gasteiger partial charge in [-0.25, -0.2) is 0 Å². The lowest BCUT2D eigenvalue weighted by Crippen LogP contribution is -2.58. The normalized spacial score (nSPS) is 44.8. The van der Waals surface area contributed by atoms with E-state index in [1.807, 2.05) is 0 Å². The second-order valence-corrected chi connectivity index (χ2v) is 5.64. The summed E-state index contributed by atoms with van der Waals surface area (Å²) in [5.41, 5.74) is 0. The summed E-state index contributed by atoms with van der Waals surface area (Å²) in [6.45, 7) is 5.49. The maximum Gasteiger partial charge on any atom is 0.0136 e. The van der Waals surface area contributed by atoms with Crippen molar-refractivity contribution in [3.8, 4) is 0 Å². The molecule has 0 N–H and O–H groups in total. The van der Waals surface area contributed by atoms with E-state index in [-0.39, 0.29) is 0 Å². The number of fused-ring (bicyclic) bond motifs is 4. The summed E-state index contributed by atoms with van der Waals surface area (Å²) in [7, 11) is 2.30. The van der Waals surface area contributed by atoms with Gasteiger partial charge in [0.15, 0.2) is 0 Å². The molecule has 0 spiro atoms. The molecule has 80 valence electrons. The molecule has 14 heavy (non-hydrogen) atoms. The zero-order valence-corrected chi connectivity index (χ0v) is 9.28. The molecule has 0 aromatic rings. The Balaban J connectivity index is 1.76. The molecule has 2 bridgehead atoms. The van der Waals surface area contributed by atoms with Gasteiger partial charge in [0.25, 0.3) is 0 Å². The molecule has 3 saturated heterocycles. The van der Waals surface area contributed by atoms with E-state index in [9.17, 15) is 0 Å².